The molecule has 0 saturated carbocycles. The quantitative estimate of drug-likeness (QED) is 0.215. The van der Waals surface area contributed by atoms with Crippen molar-refractivity contribution < 1.29 is 44.9 Å². The molecule has 2 aliphatic carbocycles. The number of hydrogen-bond donors (Lipinski definition) is 8. The summed E-state index contributed by atoms with van der Waals surface area (Å²) in [6.45, 7) is 0.847. The third-order valence-electron chi connectivity index (χ3n) is 7.92. The van der Waals surface area contributed by atoms with E-state index < -0.39 is 60.1 Å². The maximum Gasteiger partial charge on any atom is 0.198 e. The summed E-state index contributed by atoms with van der Waals surface area (Å²) in [6, 6.07) is 3.97. The van der Waals surface area contributed by atoms with Crippen molar-refractivity contribution in [1.82, 2.24) is 0 Å². The number of fused-ring (bicyclic) bond motifs is 3. The second-order valence-corrected chi connectivity index (χ2v) is 10.4. The van der Waals surface area contributed by atoms with Crippen molar-refractivity contribution in [1.29, 1.82) is 5.41 Å². The highest BCUT2D eigenvalue weighted by Gasteiger charge is 2.46. The fourth-order valence-corrected chi connectivity index (χ4v) is 5.98. The van der Waals surface area contributed by atoms with E-state index in [2.05, 4.69) is 0 Å². The van der Waals surface area contributed by atoms with Gasteiger partial charge in [-0.2, -0.15) is 0 Å². The number of nitrogens with two attached hydrogens (primary N) is 1. The highest BCUT2D eigenvalue weighted by atomic mass is 16.7. The van der Waals surface area contributed by atoms with Crippen LogP contribution in [0.2, 0.25) is 0 Å². The first-order valence-electron chi connectivity index (χ1n) is 12.6. The Kier molecular flexibility index (Phi) is 6.81. The number of aliphatic hydroxyl groups excluding tert-OH is 3. The lowest BCUT2D eigenvalue weighted by Gasteiger charge is -2.43. The lowest BCUT2D eigenvalue weighted by molar-refractivity contribution is -0.248. The Bertz CT molecular complexity index is 1300. The number of aromatic hydroxyl groups is 2. The molecule has 1 fully saturated rings. The van der Waals surface area contributed by atoms with Crippen molar-refractivity contribution >= 4 is 11.5 Å². The SMILES string of the molecule is CC1OC(O[C@H]2C[C@](O)(CCO)Cc3c(O)c4c(c(O)c32)C(=N)c2c(CO)cccc2C4=O)CC(N)C1O. The zero-order chi connectivity index (χ0) is 27.5. The standard InChI is InChI=1S/C27H32N2O9/c1-11-23(32)15(28)7-17(37-11)38-16-9-27(36,5-6-30)8-14-19(16)26(35)20-21(25(14)34)24(33)13-4-2-3-12(10-31)18(13)22(20)29/h2-4,11,15-17,23,29-32,34-36H,5-10,28H2,1H3/t11?,15?,16-,17?,23?,27-/m0/s1. The van der Waals surface area contributed by atoms with Crippen molar-refractivity contribution in [3.05, 3.63) is 57.1 Å². The van der Waals surface area contributed by atoms with Crippen molar-refractivity contribution in [2.75, 3.05) is 6.61 Å². The van der Waals surface area contributed by atoms with Gasteiger partial charge in [-0.3, -0.25) is 10.2 Å². The van der Waals surface area contributed by atoms with Gasteiger partial charge in [0.2, 0.25) is 0 Å². The van der Waals surface area contributed by atoms with E-state index in [9.17, 15) is 35.4 Å². The second-order valence-electron chi connectivity index (χ2n) is 10.4. The number of phenols is 2. The summed E-state index contributed by atoms with van der Waals surface area (Å²) in [7, 11) is 0. The molecule has 2 aromatic rings. The molecule has 11 heteroatoms. The molecule has 2 aromatic carbocycles. The van der Waals surface area contributed by atoms with E-state index in [1.165, 1.54) is 6.07 Å². The third kappa shape index (κ3) is 4.11. The van der Waals surface area contributed by atoms with Crippen LogP contribution in [0.15, 0.2) is 18.2 Å². The maximum atomic E-state index is 13.5. The zero-order valence-corrected chi connectivity index (χ0v) is 20.8. The van der Waals surface area contributed by atoms with Crippen LogP contribution in [0.5, 0.6) is 11.5 Å². The predicted octanol–water partition coefficient (Wildman–Crippen LogP) is 0.491. The maximum absolute atomic E-state index is 13.5. The lowest BCUT2D eigenvalue weighted by Crippen LogP contribution is -2.52. The fraction of sp³-hybridized carbons (Fsp3) is 0.481. The van der Waals surface area contributed by atoms with Gasteiger partial charge in [0.25, 0.3) is 0 Å². The molecular formula is C27H32N2O9. The van der Waals surface area contributed by atoms with Gasteiger partial charge in [-0.05, 0) is 18.9 Å². The van der Waals surface area contributed by atoms with E-state index >= 15 is 0 Å². The van der Waals surface area contributed by atoms with E-state index in [-0.39, 0.29) is 71.4 Å². The van der Waals surface area contributed by atoms with Crippen molar-refractivity contribution in [3.63, 3.8) is 0 Å². The minimum atomic E-state index is -1.54. The van der Waals surface area contributed by atoms with Crippen LogP contribution >= 0.6 is 0 Å². The van der Waals surface area contributed by atoms with Gasteiger partial charge in [0.15, 0.2) is 12.1 Å². The summed E-state index contributed by atoms with van der Waals surface area (Å²) >= 11 is 0. The molecule has 1 saturated heterocycles. The molecule has 1 aliphatic heterocycles. The summed E-state index contributed by atoms with van der Waals surface area (Å²) in [4.78, 5) is 13.5. The van der Waals surface area contributed by atoms with E-state index in [0.717, 1.165) is 0 Å². The van der Waals surface area contributed by atoms with Crippen LogP contribution in [-0.4, -0.2) is 78.9 Å². The molecule has 6 atom stereocenters. The third-order valence-corrected chi connectivity index (χ3v) is 7.92. The van der Waals surface area contributed by atoms with Gasteiger partial charge in [-0.1, -0.05) is 18.2 Å². The van der Waals surface area contributed by atoms with Crippen molar-refractivity contribution in [2.24, 2.45) is 5.73 Å². The largest absolute Gasteiger partial charge is 0.507 e. The number of rotatable bonds is 5. The van der Waals surface area contributed by atoms with Crippen LogP contribution in [0.3, 0.4) is 0 Å². The van der Waals surface area contributed by atoms with Gasteiger partial charge in [-0.25, -0.2) is 0 Å². The Labute approximate surface area is 218 Å². The summed E-state index contributed by atoms with van der Waals surface area (Å²) in [5.74, 6) is -1.57. The smallest absolute Gasteiger partial charge is 0.198 e. The first-order chi connectivity index (χ1) is 18.0. The molecule has 0 radical (unpaired) electrons. The van der Waals surface area contributed by atoms with Gasteiger partial charge in [-0.15, -0.1) is 0 Å². The molecule has 3 aliphatic rings. The Morgan fingerprint density at radius 3 is 2.58 bits per heavy atom. The molecule has 11 nitrogen and oxygen atoms in total. The van der Waals surface area contributed by atoms with Crippen LogP contribution in [0.1, 0.15) is 76.0 Å². The first-order valence-corrected chi connectivity index (χ1v) is 12.6. The minimum absolute atomic E-state index is 0.0593. The monoisotopic (exact) mass is 528 g/mol. The average molecular weight is 529 g/mol. The number of phenolic OH excluding ortho intramolecular Hbond substituents is 2. The molecule has 9 N–H and O–H groups in total. The summed E-state index contributed by atoms with van der Waals surface area (Å²) < 4.78 is 11.9. The van der Waals surface area contributed by atoms with E-state index in [4.69, 9.17) is 20.6 Å². The van der Waals surface area contributed by atoms with Crippen molar-refractivity contribution in [3.8, 4) is 11.5 Å². The topological polar surface area (TPSA) is 207 Å². The number of hydrogen-bond acceptors (Lipinski definition) is 11. The molecule has 1 heterocycles. The average Bonchev–Trinajstić information content (AvgIpc) is 2.87. The van der Waals surface area contributed by atoms with Gasteiger partial charge < -0.3 is 45.8 Å². The van der Waals surface area contributed by atoms with E-state index in [1.807, 2.05) is 0 Å². The van der Waals surface area contributed by atoms with Crippen molar-refractivity contribution in [2.45, 2.75) is 75.5 Å². The van der Waals surface area contributed by atoms with Gasteiger partial charge in [0.1, 0.15) is 11.5 Å². The molecule has 5 rings (SSSR count). The Hall–Kier alpha value is -2.90. The van der Waals surface area contributed by atoms with Gasteiger partial charge >= 0.3 is 0 Å². The highest BCUT2D eigenvalue weighted by molar-refractivity contribution is 6.31. The molecule has 0 bridgehead atoms. The number of carbonyl (C=O) groups excluding carboxylic acids is 1. The van der Waals surface area contributed by atoms with Crippen LogP contribution in [0.25, 0.3) is 0 Å². The van der Waals surface area contributed by atoms with Gasteiger partial charge in [0, 0.05) is 54.2 Å². The first kappa shape index (κ1) is 26.7. The Morgan fingerprint density at radius 1 is 1.18 bits per heavy atom. The number of carbonyl (C=O) groups is 1. The zero-order valence-electron chi connectivity index (χ0n) is 20.8. The van der Waals surface area contributed by atoms with Crippen LogP contribution in [0, 0.1) is 5.41 Å². The molecule has 0 amide bonds. The Morgan fingerprint density at radius 2 is 1.92 bits per heavy atom. The number of benzene rings is 2. The molecule has 0 aromatic heterocycles. The van der Waals surface area contributed by atoms with E-state index in [1.54, 1.807) is 19.1 Å². The normalized spacial score (nSPS) is 30.5. The molecule has 38 heavy (non-hydrogen) atoms. The highest BCUT2D eigenvalue weighted by Crippen LogP contribution is 2.52. The number of nitrogens with one attached hydrogen (secondary N) is 1. The molecular weight excluding hydrogens is 496 g/mol. The van der Waals surface area contributed by atoms with Crippen LogP contribution in [-0.2, 0) is 22.5 Å². The van der Waals surface area contributed by atoms with E-state index in [0.29, 0.717) is 5.56 Å². The fourth-order valence-electron chi connectivity index (χ4n) is 5.98. The molecule has 0 spiro atoms. The minimum Gasteiger partial charge on any atom is -0.507 e. The number of ketones is 1. The molecule has 204 valence electrons. The van der Waals surface area contributed by atoms with Gasteiger partial charge in [0.05, 0.1) is 47.4 Å². The lowest BCUT2D eigenvalue weighted by atomic mass is 9.71. The second kappa shape index (κ2) is 9.69. The number of ether oxygens (including phenoxy) is 2. The summed E-state index contributed by atoms with van der Waals surface area (Å²) in [5.41, 5.74) is 4.57. The summed E-state index contributed by atoms with van der Waals surface area (Å²) in [6.07, 6.45) is -3.74. The Balaban J connectivity index is 1.66. The molecule has 4 unspecified atom stereocenters. The predicted molar refractivity (Wildman–Crippen MR) is 133 cm³/mol. The van der Waals surface area contributed by atoms with Crippen LogP contribution in [0.4, 0.5) is 0 Å². The number of aliphatic hydroxyl groups is 4. The summed E-state index contributed by atoms with van der Waals surface area (Å²) in [5, 5.41) is 72.7. The van der Waals surface area contributed by atoms with Crippen LogP contribution < -0.4 is 5.73 Å².